The summed E-state index contributed by atoms with van der Waals surface area (Å²) < 4.78 is 16.1. The number of ether oxygens (including phenoxy) is 3. The second-order valence-corrected chi connectivity index (χ2v) is 8.59. The lowest BCUT2D eigenvalue weighted by molar-refractivity contribution is -0.117. The van der Waals surface area contributed by atoms with E-state index >= 15 is 0 Å². The molecule has 0 heterocycles. The summed E-state index contributed by atoms with van der Waals surface area (Å²) in [5.74, 6) is 1.73. The van der Waals surface area contributed by atoms with Gasteiger partial charge in [0.25, 0.3) is 5.91 Å². The van der Waals surface area contributed by atoms with Crippen molar-refractivity contribution < 1.29 is 23.8 Å². The van der Waals surface area contributed by atoms with Crippen molar-refractivity contribution in [1.82, 2.24) is 4.90 Å². The lowest BCUT2D eigenvalue weighted by Gasteiger charge is -2.23. The summed E-state index contributed by atoms with van der Waals surface area (Å²) in [5, 5.41) is 5.78. The third-order valence-corrected chi connectivity index (χ3v) is 6.06. The first kappa shape index (κ1) is 25.1. The molecule has 188 valence electrons. The van der Waals surface area contributed by atoms with Crippen molar-refractivity contribution in [2.24, 2.45) is 0 Å². The topological polar surface area (TPSA) is 89.1 Å². The molecule has 0 radical (unpaired) electrons. The number of hydrogen-bond donors (Lipinski definition) is 2. The molecule has 0 unspecified atom stereocenters. The number of carbonyl (C=O) groups is 2. The molecule has 4 rings (SSSR count). The van der Waals surface area contributed by atoms with Crippen LogP contribution in [0.25, 0.3) is 0 Å². The average Bonchev–Trinajstić information content (AvgIpc) is 3.74. The van der Waals surface area contributed by atoms with Gasteiger partial charge in [-0.2, -0.15) is 0 Å². The fourth-order valence-electron chi connectivity index (χ4n) is 4.01. The Kier molecular flexibility index (Phi) is 8.07. The minimum atomic E-state index is -0.260. The number of nitrogens with zero attached hydrogens (tertiary/aromatic N) is 1. The number of nitrogens with one attached hydrogen (secondary N) is 2. The minimum Gasteiger partial charge on any atom is -0.497 e. The second kappa shape index (κ2) is 11.6. The molecule has 0 atom stereocenters. The number of hydrogen-bond acceptors (Lipinski definition) is 6. The van der Waals surface area contributed by atoms with Gasteiger partial charge >= 0.3 is 0 Å². The van der Waals surface area contributed by atoms with E-state index in [9.17, 15) is 9.59 Å². The molecule has 0 aliphatic heterocycles. The lowest BCUT2D eigenvalue weighted by Crippen LogP contribution is -2.34. The standard InChI is InChI=1S/C28H31N3O5/c1-34-23-14-15-25(35-2)20(16-23)17-31(22-12-13-22)18-27(32)29-21-10-8-19(9-11-21)28(33)30-24-6-4-5-7-26(24)36-3/h4-11,14-16,22H,12-13,17-18H2,1-3H3,(H,29,32)(H,30,33). The van der Waals surface area contributed by atoms with Crippen molar-refractivity contribution >= 4 is 23.2 Å². The summed E-state index contributed by atoms with van der Waals surface area (Å²) in [4.78, 5) is 27.6. The molecule has 1 aliphatic rings. The van der Waals surface area contributed by atoms with Crippen LogP contribution in [0.4, 0.5) is 11.4 Å². The van der Waals surface area contributed by atoms with E-state index in [1.54, 1.807) is 57.7 Å². The molecule has 0 aromatic heterocycles. The molecular formula is C28H31N3O5. The molecule has 36 heavy (non-hydrogen) atoms. The predicted octanol–water partition coefficient (Wildman–Crippen LogP) is 4.57. The van der Waals surface area contributed by atoms with E-state index < -0.39 is 0 Å². The van der Waals surface area contributed by atoms with E-state index in [4.69, 9.17) is 14.2 Å². The Labute approximate surface area is 211 Å². The Morgan fingerprint density at radius 1 is 0.861 bits per heavy atom. The van der Waals surface area contributed by atoms with Crippen molar-refractivity contribution in [3.05, 3.63) is 77.9 Å². The largest absolute Gasteiger partial charge is 0.497 e. The number of anilines is 2. The highest BCUT2D eigenvalue weighted by Crippen LogP contribution is 2.32. The molecule has 8 heteroatoms. The SMILES string of the molecule is COc1ccc(OC)c(CN(CC(=O)Nc2ccc(C(=O)Nc3ccccc3OC)cc2)C2CC2)c1. The van der Waals surface area contributed by atoms with Crippen molar-refractivity contribution in [3.63, 3.8) is 0 Å². The summed E-state index contributed by atoms with van der Waals surface area (Å²) in [6.45, 7) is 0.835. The van der Waals surface area contributed by atoms with E-state index in [0.29, 0.717) is 35.3 Å². The average molecular weight is 490 g/mol. The monoisotopic (exact) mass is 489 g/mol. The van der Waals surface area contributed by atoms with Crippen LogP contribution in [-0.2, 0) is 11.3 Å². The van der Waals surface area contributed by atoms with Gasteiger partial charge in [-0.15, -0.1) is 0 Å². The maximum absolute atomic E-state index is 12.9. The van der Waals surface area contributed by atoms with Crippen molar-refractivity contribution in [2.75, 3.05) is 38.5 Å². The van der Waals surface area contributed by atoms with Gasteiger partial charge in [0, 0.05) is 29.4 Å². The first-order valence-corrected chi connectivity index (χ1v) is 11.8. The predicted molar refractivity (Wildman–Crippen MR) is 139 cm³/mol. The molecule has 1 aliphatic carbocycles. The molecule has 2 amide bonds. The summed E-state index contributed by atoms with van der Waals surface area (Å²) >= 11 is 0. The van der Waals surface area contributed by atoms with E-state index in [1.807, 2.05) is 30.3 Å². The van der Waals surface area contributed by atoms with Crippen LogP contribution in [-0.4, -0.2) is 50.6 Å². The van der Waals surface area contributed by atoms with Crippen LogP contribution < -0.4 is 24.8 Å². The number of benzene rings is 3. The zero-order chi connectivity index (χ0) is 25.5. The number of methoxy groups -OCH3 is 3. The Balaban J connectivity index is 1.37. The maximum Gasteiger partial charge on any atom is 0.255 e. The highest BCUT2D eigenvalue weighted by molar-refractivity contribution is 6.05. The van der Waals surface area contributed by atoms with Gasteiger partial charge in [0.05, 0.1) is 33.6 Å². The number of carbonyl (C=O) groups excluding carboxylic acids is 2. The van der Waals surface area contributed by atoms with Crippen LogP contribution in [0.3, 0.4) is 0 Å². The molecular weight excluding hydrogens is 458 g/mol. The lowest BCUT2D eigenvalue weighted by atomic mass is 10.1. The smallest absolute Gasteiger partial charge is 0.255 e. The zero-order valence-corrected chi connectivity index (χ0v) is 20.7. The third-order valence-electron chi connectivity index (χ3n) is 6.06. The molecule has 0 bridgehead atoms. The number of amides is 2. The molecule has 8 nitrogen and oxygen atoms in total. The Morgan fingerprint density at radius 3 is 2.25 bits per heavy atom. The van der Waals surface area contributed by atoms with Crippen LogP contribution >= 0.6 is 0 Å². The molecule has 2 N–H and O–H groups in total. The van der Waals surface area contributed by atoms with Crippen LogP contribution in [0.5, 0.6) is 17.2 Å². The summed E-state index contributed by atoms with van der Waals surface area (Å²) in [7, 11) is 4.82. The third kappa shape index (κ3) is 6.34. The molecule has 0 saturated heterocycles. The molecule has 1 fully saturated rings. The minimum absolute atomic E-state index is 0.116. The van der Waals surface area contributed by atoms with Crippen LogP contribution in [0.1, 0.15) is 28.8 Å². The van der Waals surface area contributed by atoms with Crippen molar-refractivity contribution in [3.8, 4) is 17.2 Å². The van der Waals surface area contributed by atoms with Crippen LogP contribution in [0.2, 0.25) is 0 Å². The summed E-state index contributed by atoms with van der Waals surface area (Å²) in [6.07, 6.45) is 2.13. The van der Waals surface area contributed by atoms with E-state index in [-0.39, 0.29) is 18.4 Å². The molecule has 3 aromatic rings. The van der Waals surface area contributed by atoms with Gasteiger partial charge in [-0.1, -0.05) is 12.1 Å². The van der Waals surface area contributed by atoms with Gasteiger partial charge in [0.15, 0.2) is 0 Å². The van der Waals surface area contributed by atoms with Crippen molar-refractivity contribution in [2.45, 2.75) is 25.4 Å². The van der Waals surface area contributed by atoms with Gasteiger partial charge in [0.1, 0.15) is 17.2 Å². The van der Waals surface area contributed by atoms with Crippen LogP contribution in [0.15, 0.2) is 66.7 Å². The molecule has 0 spiro atoms. The zero-order valence-electron chi connectivity index (χ0n) is 20.7. The first-order valence-electron chi connectivity index (χ1n) is 11.8. The van der Waals surface area contributed by atoms with Gasteiger partial charge in [-0.05, 0) is 67.4 Å². The highest BCUT2D eigenvalue weighted by atomic mass is 16.5. The fourth-order valence-corrected chi connectivity index (χ4v) is 4.01. The van der Waals surface area contributed by atoms with Gasteiger partial charge in [0.2, 0.25) is 5.91 Å². The van der Waals surface area contributed by atoms with Gasteiger partial charge in [-0.25, -0.2) is 0 Å². The van der Waals surface area contributed by atoms with Gasteiger partial charge in [-0.3, -0.25) is 14.5 Å². The summed E-state index contributed by atoms with van der Waals surface area (Å²) in [6, 6.07) is 20.1. The Hall–Kier alpha value is -4.04. The van der Waals surface area contributed by atoms with Gasteiger partial charge < -0.3 is 24.8 Å². The van der Waals surface area contributed by atoms with E-state index in [0.717, 1.165) is 29.9 Å². The first-order chi connectivity index (χ1) is 17.5. The molecule has 3 aromatic carbocycles. The van der Waals surface area contributed by atoms with Crippen molar-refractivity contribution in [1.29, 1.82) is 0 Å². The highest BCUT2D eigenvalue weighted by Gasteiger charge is 2.31. The Bertz CT molecular complexity index is 1210. The maximum atomic E-state index is 12.9. The fraction of sp³-hybridized carbons (Fsp3) is 0.286. The van der Waals surface area contributed by atoms with E-state index in [1.165, 1.54) is 0 Å². The van der Waals surface area contributed by atoms with E-state index in [2.05, 4.69) is 15.5 Å². The summed E-state index contributed by atoms with van der Waals surface area (Å²) in [5.41, 5.74) is 2.67. The number of rotatable bonds is 11. The Morgan fingerprint density at radius 2 is 1.58 bits per heavy atom. The van der Waals surface area contributed by atoms with Crippen LogP contribution in [0, 0.1) is 0 Å². The molecule has 1 saturated carbocycles. The number of para-hydroxylation sites is 2. The second-order valence-electron chi connectivity index (χ2n) is 8.59. The normalized spacial score (nSPS) is 12.7. The quantitative estimate of drug-likeness (QED) is 0.410.